The van der Waals surface area contributed by atoms with Crippen molar-refractivity contribution in [2.45, 2.75) is 59.7 Å². The highest BCUT2D eigenvalue weighted by molar-refractivity contribution is 5.81. The molecular weight excluding hydrogens is 448 g/mol. The number of nitrogens with zero attached hydrogens (tertiary/aromatic N) is 7. The van der Waals surface area contributed by atoms with Gasteiger partial charge in [-0.25, -0.2) is 15.0 Å². The first-order valence-electron chi connectivity index (χ1n) is 12.7. The zero-order valence-electron chi connectivity index (χ0n) is 22.2. The highest BCUT2D eigenvalue weighted by atomic mass is 15.3. The molecule has 1 N–H and O–H groups in total. The maximum absolute atomic E-state index is 5.06. The van der Waals surface area contributed by atoms with Crippen LogP contribution in [-0.4, -0.2) is 48.4 Å². The van der Waals surface area contributed by atoms with Gasteiger partial charge >= 0.3 is 0 Å². The molecule has 0 saturated heterocycles. The van der Waals surface area contributed by atoms with Crippen molar-refractivity contribution in [2.75, 3.05) is 18.5 Å². The summed E-state index contributed by atoms with van der Waals surface area (Å²) in [5.74, 6) is 2.46. The summed E-state index contributed by atoms with van der Waals surface area (Å²) in [6.45, 7) is 17.6. The van der Waals surface area contributed by atoms with E-state index in [0.29, 0.717) is 12.5 Å². The Labute approximate surface area is 213 Å². The van der Waals surface area contributed by atoms with E-state index in [-0.39, 0.29) is 5.54 Å². The van der Waals surface area contributed by atoms with Gasteiger partial charge in [0.25, 0.3) is 0 Å². The van der Waals surface area contributed by atoms with Gasteiger partial charge in [0.05, 0.1) is 12.2 Å². The summed E-state index contributed by atoms with van der Waals surface area (Å²) in [4.78, 5) is 17.1. The molecule has 4 aromatic heterocycles. The summed E-state index contributed by atoms with van der Waals surface area (Å²) in [6.07, 6.45) is 6.81. The van der Waals surface area contributed by atoms with Crippen LogP contribution >= 0.6 is 0 Å². The van der Waals surface area contributed by atoms with Gasteiger partial charge in [0.1, 0.15) is 17.2 Å². The fourth-order valence-electron chi connectivity index (χ4n) is 5.24. The Bertz CT molecular complexity index is 1420. The molecule has 8 heteroatoms. The van der Waals surface area contributed by atoms with E-state index in [4.69, 9.17) is 20.1 Å². The number of aromatic nitrogens is 6. The van der Waals surface area contributed by atoms with Crippen LogP contribution in [0.4, 0.5) is 5.82 Å². The Kier molecular flexibility index (Phi) is 6.06. The summed E-state index contributed by atoms with van der Waals surface area (Å²) < 4.78 is 4.17. The molecule has 4 aromatic rings. The minimum absolute atomic E-state index is 0.0516. The van der Waals surface area contributed by atoms with Crippen LogP contribution in [0.5, 0.6) is 0 Å². The highest BCUT2D eigenvalue weighted by Gasteiger charge is 2.36. The van der Waals surface area contributed by atoms with Crippen LogP contribution in [0.1, 0.15) is 51.4 Å². The predicted octanol–water partition coefficient (Wildman–Crippen LogP) is 4.75. The van der Waals surface area contributed by atoms with Crippen LogP contribution in [0.3, 0.4) is 0 Å². The molecule has 0 fully saturated rings. The van der Waals surface area contributed by atoms with Crippen LogP contribution in [-0.2, 0) is 19.5 Å². The van der Waals surface area contributed by atoms with Crippen LogP contribution in [0.25, 0.3) is 28.2 Å². The third-order valence-corrected chi connectivity index (χ3v) is 6.93. The average Bonchev–Trinajstić information content (AvgIpc) is 3.50. The van der Waals surface area contributed by atoms with Crippen molar-refractivity contribution in [1.82, 2.24) is 34.6 Å². The molecule has 188 valence electrons. The Morgan fingerprint density at radius 3 is 2.72 bits per heavy atom. The van der Waals surface area contributed by atoms with Gasteiger partial charge in [-0.15, -0.1) is 0 Å². The SMILES string of the molecule is C=C(NC)c1cnc2c(c1)nc(-c1cnc3c(c1)CC(C)(C)N3CC)n2Cc1ccn(CC(C)C)n1. The summed E-state index contributed by atoms with van der Waals surface area (Å²) >= 11 is 0. The van der Waals surface area contributed by atoms with Gasteiger partial charge in [0, 0.05) is 61.1 Å². The molecule has 0 bridgehead atoms. The smallest absolute Gasteiger partial charge is 0.160 e. The Morgan fingerprint density at radius 1 is 1.19 bits per heavy atom. The van der Waals surface area contributed by atoms with Gasteiger partial charge < -0.3 is 14.8 Å². The van der Waals surface area contributed by atoms with Crippen molar-refractivity contribution in [2.24, 2.45) is 5.92 Å². The summed E-state index contributed by atoms with van der Waals surface area (Å²) in [7, 11) is 1.86. The third kappa shape index (κ3) is 4.25. The molecule has 0 aliphatic carbocycles. The molecule has 0 aromatic carbocycles. The molecule has 0 unspecified atom stereocenters. The molecule has 8 nitrogen and oxygen atoms in total. The lowest BCUT2D eigenvalue weighted by Crippen LogP contribution is -2.41. The van der Waals surface area contributed by atoms with Gasteiger partial charge in [-0.1, -0.05) is 20.4 Å². The monoisotopic (exact) mass is 484 g/mol. The van der Waals surface area contributed by atoms with Gasteiger partial charge in [-0.3, -0.25) is 4.68 Å². The fraction of sp³-hybridized carbons (Fsp3) is 0.429. The summed E-state index contributed by atoms with van der Waals surface area (Å²) in [5.41, 5.74) is 6.69. The first kappa shape index (κ1) is 24.0. The first-order chi connectivity index (χ1) is 17.2. The standard InChI is InChI=1S/C28H36N8/c1-8-36-25-20(13-28(36,5)6)11-22(15-30-25)26-32-24-12-21(19(4)29-7)14-31-27(24)35(26)17-23-9-10-34(33-23)16-18(2)3/h9-12,14-15,18,29H,4,8,13,16-17H2,1-3,5-7H3. The molecule has 1 aliphatic heterocycles. The maximum atomic E-state index is 5.06. The lowest BCUT2D eigenvalue weighted by Gasteiger charge is -2.32. The van der Waals surface area contributed by atoms with Crippen molar-refractivity contribution >= 4 is 22.7 Å². The number of imidazole rings is 1. The van der Waals surface area contributed by atoms with Crippen LogP contribution in [0, 0.1) is 5.92 Å². The molecule has 0 saturated carbocycles. The fourth-order valence-corrected chi connectivity index (χ4v) is 5.24. The van der Waals surface area contributed by atoms with Crippen molar-refractivity contribution in [3.63, 3.8) is 0 Å². The molecular formula is C28H36N8. The van der Waals surface area contributed by atoms with E-state index in [1.165, 1.54) is 5.56 Å². The minimum atomic E-state index is 0.0516. The molecule has 0 spiro atoms. The second-order valence-corrected chi connectivity index (χ2v) is 10.7. The van der Waals surface area contributed by atoms with Crippen molar-refractivity contribution in [1.29, 1.82) is 0 Å². The highest BCUT2D eigenvalue weighted by Crippen LogP contribution is 2.38. The zero-order chi connectivity index (χ0) is 25.6. The number of hydrogen-bond acceptors (Lipinski definition) is 6. The predicted molar refractivity (Wildman–Crippen MR) is 146 cm³/mol. The topological polar surface area (TPSA) is 76.7 Å². The minimum Gasteiger partial charge on any atom is -0.388 e. The van der Waals surface area contributed by atoms with E-state index in [1.807, 2.05) is 30.2 Å². The van der Waals surface area contributed by atoms with Crippen LogP contribution in [0.15, 0.2) is 43.4 Å². The molecule has 5 heterocycles. The van der Waals surface area contributed by atoms with E-state index >= 15 is 0 Å². The number of pyridine rings is 2. The average molecular weight is 485 g/mol. The molecule has 1 aliphatic rings. The second kappa shape index (κ2) is 9.08. The quantitative estimate of drug-likeness (QED) is 0.389. The number of rotatable bonds is 8. The van der Waals surface area contributed by atoms with Gasteiger partial charge in [0.15, 0.2) is 5.65 Å². The van der Waals surface area contributed by atoms with Gasteiger partial charge in [0.2, 0.25) is 0 Å². The zero-order valence-corrected chi connectivity index (χ0v) is 22.2. The van der Waals surface area contributed by atoms with E-state index in [2.05, 4.69) is 74.3 Å². The second-order valence-electron chi connectivity index (χ2n) is 10.7. The maximum Gasteiger partial charge on any atom is 0.160 e. The lowest BCUT2D eigenvalue weighted by atomic mass is 9.99. The third-order valence-electron chi connectivity index (χ3n) is 6.93. The number of hydrogen-bond donors (Lipinski definition) is 1. The van der Waals surface area contributed by atoms with Crippen molar-refractivity contribution in [3.05, 3.63) is 60.2 Å². The van der Waals surface area contributed by atoms with Gasteiger partial charge in [-0.05, 0) is 56.9 Å². The Balaban J connectivity index is 1.61. The van der Waals surface area contributed by atoms with E-state index < -0.39 is 0 Å². The van der Waals surface area contributed by atoms with Crippen molar-refractivity contribution < 1.29 is 0 Å². The first-order valence-corrected chi connectivity index (χ1v) is 12.7. The van der Waals surface area contributed by atoms with Crippen molar-refractivity contribution in [3.8, 4) is 11.4 Å². The van der Waals surface area contributed by atoms with Gasteiger partial charge in [-0.2, -0.15) is 5.10 Å². The molecule has 0 radical (unpaired) electrons. The number of anilines is 1. The number of likely N-dealkylation sites (N-methyl/N-ethyl adjacent to an activating group) is 1. The molecule has 36 heavy (non-hydrogen) atoms. The largest absolute Gasteiger partial charge is 0.388 e. The lowest BCUT2D eigenvalue weighted by molar-refractivity contribution is 0.479. The number of fused-ring (bicyclic) bond motifs is 2. The van der Waals surface area contributed by atoms with E-state index in [1.54, 1.807) is 0 Å². The van der Waals surface area contributed by atoms with E-state index in [9.17, 15) is 0 Å². The summed E-state index contributed by atoms with van der Waals surface area (Å²) in [5, 5.41) is 7.92. The molecule has 0 amide bonds. The van der Waals surface area contributed by atoms with Crippen LogP contribution in [0.2, 0.25) is 0 Å². The molecule has 5 rings (SSSR count). The Hall–Kier alpha value is -3.68. The normalized spacial score (nSPS) is 14.6. The Morgan fingerprint density at radius 2 is 2.00 bits per heavy atom. The van der Waals surface area contributed by atoms with Crippen LogP contribution < -0.4 is 10.2 Å². The summed E-state index contributed by atoms with van der Waals surface area (Å²) in [6, 6.07) is 6.38. The van der Waals surface area contributed by atoms with E-state index in [0.717, 1.165) is 64.8 Å². The molecule has 0 atom stereocenters. The number of nitrogens with one attached hydrogen (secondary N) is 1.